The number of benzene rings is 1. The van der Waals surface area contributed by atoms with Gasteiger partial charge in [-0.25, -0.2) is 8.78 Å². The Hall–Kier alpha value is -1.00. The normalized spacial score (nSPS) is 13.0. The molecular formula is C14H22F2N2. The topological polar surface area (TPSA) is 29.3 Å². The predicted molar refractivity (Wildman–Crippen MR) is 70.3 cm³/mol. The second kappa shape index (κ2) is 7.44. The van der Waals surface area contributed by atoms with Gasteiger partial charge >= 0.3 is 0 Å². The molecule has 2 nitrogen and oxygen atoms in total. The lowest BCUT2D eigenvalue weighted by molar-refractivity contribution is 0.277. The first-order valence-corrected chi connectivity index (χ1v) is 6.50. The van der Waals surface area contributed by atoms with Crippen molar-refractivity contribution in [3.8, 4) is 0 Å². The summed E-state index contributed by atoms with van der Waals surface area (Å²) in [5.41, 5.74) is 6.50. The van der Waals surface area contributed by atoms with E-state index in [4.69, 9.17) is 5.73 Å². The summed E-state index contributed by atoms with van der Waals surface area (Å²) in [6.07, 6.45) is 1.80. The first-order valence-electron chi connectivity index (χ1n) is 6.50. The number of hydrogen-bond donors (Lipinski definition) is 1. The van der Waals surface area contributed by atoms with E-state index in [-0.39, 0.29) is 6.04 Å². The zero-order chi connectivity index (χ0) is 13.5. The van der Waals surface area contributed by atoms with E-state index in [1.165, 1.54) is 12.1 Å². The molecule has 1 atom stereocenters. The maximum atomic E-state index is 13.1. The fourth-order valence-corrected chi connectivity index (χ4v) is 2.02. The van der Waals surface area contributed by atoms with Crippen LogP contribution in [-0.2, 0) is 0 Å². The van der Waals surface area contributed by atoms with Crippen LogP contribution in [0.5, 0.6) is 0 Å². The first kappa shape index (κ1) is 15.1. The van der Waals surface area contributed by atoms with E-state index >= 15 is 0 Å². The maximum absolute atomic E-state index is 13.1. The van der Waals surface area contributed by atoms with E-state index < -0.39 is 11.6 Å². The molecule has 0 bridgehead atoms. The minimum Gasteiger partial charge on any atom is -0.324 e. The van der Waals surface area contributed by atoms with Gasteiger partial charge in [0.25, 0.3) is 0 Å². The highest BCUT2D eigenvalue weighted by Gasteiger charge is 2.11. The van der Waals surface area contributed by atoms with Gasteiger partial charge in [-0.05, 0) is 50.2 Å². The van der Waals surface area contributed by atoms with E-state index in [1.54, 1.807) is 0 Å². The zero-order valence-electron chi connectivity index (χ0n) is 11.1. The van der Waals surface area contributed by atoms with Gasteiger partial charge in [-0.15, -0.1) is 0 Å². The van der Waals surface area contributed by atoms with E-state index in [0.717, 1.165) is 32.1 Å². The summed E-state index contributed by atoms with van der Waals surface area (Å²) in [5.74, 6) is -1.14. The highest BCUT2D eigenvalue weighted by Crippen LogP contribution is 2.17. The minimum absolute atomic E-state index is 0.318. The number of nitrogens with zero attached hydrogens (tertiary/aromatic N) is 1. The van der Waals surface area contributed by atoms with Gasteiger partial charge in [0.15, 0.2) is 0 Å². The molecule has 4 heteroatoms. The van der Waals surface area contributed by atoms with Gasteiger partial charge in [0.2, 0.25) is 0 Å². The van der Waals surface area contributed by atoms with Crippen LogP contribution >= 0.6 is 0 Å². The Morgan fingerprint density at radius 1 is 1.11 bits per heavy atom. The molecule has 0 aliphatic rings. The van der Waals surface area contributed by atoms with E-state index in [1.807, 2.05) is 0 Å². The Balaban J connectivity index is 2.56. The monoisotopic (exact) mass is 256 g/mol. The molecule has 0 radical (unpaired) electrons. The van der Waals surface area contributed by atoms with Crippen LogP contribution in [0.4, 0.5) is 8.78 Å². The molecule has 0 aliphatic carbocycles. The molecule has 0 saturated heterocycles. The van der Waals surface area contributed by atoms with Gasteiger partial charge in [0, 0.05) is 12.1 Å². The van der Waals surface area contributed by atoms with Gasteiger partial charge in [-0.3, -0.25) is 0 Å². The van der Waals surface area contributed by atoms with Crippen molar-refractivity contribution in [1.82, 2.24) is 4.90 Å². The highest BCUT2D eigenvalue weighted by molar-refractivity contribution is 5.21. The highest BCUT2D eigenvalue weighted by atomic mass is 19.1. The Morgan fingerprint density at radius 3 is 2.22 bits per heavy atom. The molecule has 1 aromatic rings. The summed E-state index contributed by atoms with van der Waals surface area (Å²) >= 11 is 0. The molecule has 102 valence electrons. The van der Waals surface area contributed by atoms with Crippen molar-refractivity contribution in [3.05, 3.63) is 35.4 Å². The van der Waals surface area contributed by atoms with Crippen molar-refractivity contribution in [2.75, 3.05) is 19.6 Å². The molecule has 1 aromatic carbocycles. The molecule has 0 aliphatic heterocycles. The van der Waals surface area contributed by atoms with Crippen LogP contribution in [0.1, 0.15) is 38.3 Å². The van der Waals surface area contributed by atoms with Crippen LogP contribution in [0.2, 0.25) is 0 Å². The fourth-order valence-electron chi connectivity index (χ4n) is 2.02. The largest absolute Gasteiger partial charge is 0.324 e. The third-order valence-electron chi connectivity index (χ3n) is 3.06. The number of rotatable bonds is 7. The van der Waals surface area contributed by atoms with Crippen molar-refractivity contribution < 1.29 is 8.78 Å². The molecule has 1 unspecified atom stereocenters. The zero-order valence-corrected chi connectivity index (χ0v) is 11.1. The quantitative estimate of drug-likeness (QED) is 0.812. The summed E-state index contributed by atoms with van der Waals surface area (Å²) in [6.45, 7) is 7.08. The second-order valence-corrected chi connectivity index (χ2v) is 4.53. The van der Waals surface area contributed by atoms with Crippen molar-refractivity contribution in [3.63, 3.8) is 0 Å². The number of halogens is 2. The van der Waals surface area contributed by atoms with Crippen LogP contribution < -0.4 is 5.73 Å². The lowest BCUT2D eigenvalue weighted by atomic mass is 10.0. The van der Waals surface area contributed by atoms with Crippen LogP contribution in [0, 0.1) is 11.6 Å². The van der Waals surface area contributed by atoms with Crippen LogP contribution in [0.25, 0.3) is 0 Å². The van der Waals surface area contributed by atoms with Crippen molar-refractivity contribution >= 4 is 0 Å². The summed E-state index contributed by atoms with van der Waals surface area (Å²) in [6, 6.07) is 3.17. The van der Waals surface area contributed by atoms with Gasteiger partial charge in [-0.2, -0.15) is 0 Å². The Labute approximate surface area is 108 Å². The molecule has 0 amide bonds. The number of nitrogens with two attached hydrogens (primary N) is 1. The lowest BCUT2D eigenvalue weighted by Gasteiger charge is -2.21. The molecule has 0 spiro atoms. The summed E-state index contributed by atoms with van der Waals surface area (Å²) in [7, 11) is 0. The first-order chi connectivity index (χ1) is 8.56. The fraction of sp³-hybridized carbons (Fsp3) is 0.571. The van der Waals surface area contributed by atoms with Gasteiger partial charge in [0.1, 0.15) is 11.6 Å². The average molecular weight is 256 g/mol. The minimum atomic E-state index is -0.568. The maximum Gasteiger partial charge on any atom is 0.126 e. The Kier molecular flexibility index (Phi) is 6.22. The lowest BCUT2D eigenvalue weighted by Crippen LogP contribution is -2.28. The van der Waals surface area contributed by atoms with Crippen molar-refractivity contribution in [2.24, 2.45) is 5.73 Å². The van der Waals surface area contributed by atoms with Crippen LogP contribution in [0.3, 0.4) is 0 Å². The second-order valence-electron chi connectivity index (χ2n) is 4.53. The van der Waals surface area contributed by atoms with E-state index in [9.17, 15) is 8.78 Å². The standard InChI is InChI=1S/C14H22F2N2/c1-3-6-18(4-2)7-5-14(17)11-8-12(15)10-13(16)9-11/h8-10,14H,3-7,17H2,1-2H3. The van der Waals surface area contributed by atoms with Crippen LogP contribution in [0.15, 0.2) is 18.2 Å². The molecule has 1 rings (SSSR count). The molecule has 0 saturated carbocycles. The van der Waals surface area contributed by atoms with E-state index in [2.05, 4.69) is 18.7 Å². The molecular weight excluding hydrogens is 234 g/mol. The van der Waals surface area contributed by atoms with Crippen molar-refractivity contribution in [1.29, 1.82) is 0 Å². The van der Waals surface area contributed by atoms with Crippen LogP contribution in [-0.4, -0.2) is 24.5 Å². The average Bonchev–Trinajstić information content (AvgIpc) is 2.32. The summed E-state index contributed by atoms with van der Waals surface area (Å²) in [5, 5.41) is 0. The molecule has 0 heterocycles. The molecule has 18 heavy (non-hydrogen) atoms. The Morgan fingerprint density at radius 2 is 1.72 bits per heavy atom. The summed E-state index contributed by atoms with van der Waals surface area (Å²) < 4.78 is 26.1. The molecule has 2 N–H and O–H groups in total. The predicted octanol–water partition coefficient (Wildman–Crippen LogP) is 3.09. The van der Waals surface area contributed by atoms with Crippen molar-refractivity contribution in [2.45, 2.75) is 32.7 Å². The summed E-state index contributed by atoms with van der Waals surface area (Å²) in [4.78, 5) is 2.29. The van der Waals surface area contributed by atoms with Gasteiger partial charge < -0.3 is 10.6 Å². The SMILES string of the molecule is CCCN(CC)CCC(N)c1cc(F)cc(F)c1. The third-order valence-corrected chi connectivity index (χ3v) is 3.06. The molecule has 0 aromatic heterocycles. The van der Waals surface area contributed by atoms with Gasteiger partial charge in [0.05, 0.1) is 0 Å². The van der Waals surface area contributed by atoms with Gasteiger partial charge in [-0.1, -0.05) is 13.8 Å². The number of hydrogen-bond acceptors (Lipinski definition) is 2. The Bertz CT molecular complexity index is 349. The van der Waals surface area contributed by atoms with E-state index in [0.29, 0.717) is 12.0 Å². The molecule has 0 fully saturated rings. The smallest absolute Gasteiger partial charge is 0.126 e. The third kappa shape index (κ3) is 4.70.